The van der Waals surface area contributed by atoms with E-state index >= 15 is 0 Å². The molecule has 0 aromatic heterocycles. The highest BCUT2D eigenvalue weighted by Crippen LogP contribution is 2.13. The normalized spacial score (nSPS) is 13.7. The molecular weight excluding hydrogens is 288 g/mol. The largest absolute Gasteiger partial charge is 0.384 e. The molecule has 1 amide bonds. The summed E-state index contributed by atoms with van der Waals surface area (Å²) >= 11 is 0. The summed E-state index contributed by atoms with van der Waals surface area (Å²) in [6.45, 7) is 2.36. The van der Waals surface area contributed by atoms with E-state index in [-0.39, 0.29) is 11.9 Å². The summed E-state index contributed by atoms with van der Waals surface area (Å²) in [7, 11) is 0.637. The van der Waals surface area contributed by atoms with Crippen LogP contribution in [0.5, 0.6) is 0 Å². The monoisotopic (exact) mass is 312 g/mol. The highest BCUT2D eigenvalue weighted by atomic mass is 32.2. The lowest BCUT2D eigenvalue weighted by Gasteiger charge is -2.08. The number of nitrogens with two attached hydrogens (primary N) is 1. The zero-order valence-electron chi connectivity index (χ0n) is 12.6. The lowest BCUT2D eigenvalue weighted by atomic mass is 10.2. The van der Waals surface area contributed by atoms with Crippen molar-refractivity contribution < 1.29 is 13.7 Å². The van der Waals surface area contributed by atoms with Crippen molar-refractivity contribution in [1.29, 1.82) is 0 Å². The number of nitrogens with one attached hydrogen (secondary N) is 1. The first-order chi connectivity index (χ1) is 10.0. The summed E-state index contributed by atoms with van der Waals surface area (Å²) in [6, 6.07) is 7.46. The minimum absolute atomic E-state index is 0.0188. The Kier molecular flexibility index (Phi) is 8.19. The third kappa shape index (κ3) is 7.94. The van der Waals surface area contributed by atoms with Crippen molar-refractivity contribution >= 4 is 22.4 Å². The first-order valence-corrected chi connectivity index (χ1v) is 8.48. The van der Waals surface area contributed by atoms with Gasteiger partial charge in [-0.25, -0.2) is 0 Å². The van der Waals surface area contributed by atoms with E-state index in [9.17, 15) is 9.00 Å². The standard InChI is InChI=1S/C15H24N2O3S/c1-12(16)6-7-15(18)17-14-5-3-4-13(10-14)11-21(19)9-8-20-2/h3-5,10,12H,6-9,11,16H2,1-2H3,(H,17,18). The Morgan fingerprint density at radius 1 is 1.48 bits per heavy atom. The van der Waals surface area contributed by atoms with Crippen LogP contribution >= 0.6 is 0 Å². The highest BCUT2D eigenvalue weighted by Gasteiger charge is 2.06. The molecule has 0 spiro atoms. The summed E-state index contributed by atoms with van der Waals surface area (Å²) in [5.41, 5.74) is 7.30. The molecule has 21 heavy (non-hydrogen) atoms. The van der Waals surface area contributed by atoms with E-state index in [2.05, 4.69) is 5.32 Å². The first kappa shape index (κ1) is 17.8. The van der Waals surface area contributed by atoms with Crippen molar-refractivity contribution in [1.82, 2.24) is 0 Å². The lowest BCUT2D eigenvalue weighted by molar-refractivity contribution is -0.116. The van der Waals surface area contributed by atoms with Crippen LogP contribution in [-0.2, 0) is 26.1 Å². The number of carbonyl (C=O) groups is 1. The third-order valence-corrected chi connectivity index (χ3v) is 4.16. The zero-order valence-corrected chi connectivity index (χ0v) is 13.4. The van der Waals surface area contributed by atoms with Gasteiger partial charge in [-0.05, 0) is 31.0 Å². The van der Waals surface area contributed by atoms with Crippen molar-refractivity contribution in [3.05, 3.63) is 29.8 Å². The van der Waals surface area contributed by atoms with Crippen LogP contribution in [0.25, 0.3) is 0 Å². The fraction of sp³-hybridized carbons (Fsp3) is 0.533. The van der Waals surface area contributed by atoms with Gasteiger partial charge in [0.2, 0.25) is 5.91 Å². The number of ether oxygens (including phenoxy) is 1. The maximum atomic E-state index is 11.8. The number of benzene rings is 1. The molecule has 1 aromatic carbocycles. The van der Waals surface area contributed by atoms with Crippen LogP contribution in [-0.4, -0.2) is 35.6 Å². The number of hydrogen-bond donors (Lipinski definition) is 2. The molecule has 0 aliphatic carbocycles. The van der Waals surface area contributed by atoms with Crippen LogP contribution in [0.15, 0.2) is 24.3 Å². The molecule has 0 heterocycles. The molecular formula is C15H24N2O3S. The summed E-state index contributed by atoms with van der Waals surface area (Å²) in [6.07, 6.45) is 1.06. The smallest absolute Gasteiger partial charge is 0.224 e. The van der Waals surface area contributed by atoms with Crippen molar-refractivity contribution in [3.8, 4) is 0 Å². The van der Waals surface area contributed by atoms with E-state index < -0.39 is 10.8 Å². The maximum absolute atomic E-state index is 11.8. The molecule has 0 fully saturated rings. The van der Waals surface area contributed by atoms with Crippen molar-refractivity contribution in [2.24, 2.45) is 5.73 Å². The minimum Gasteiger partial charge on any atom is -0.384 e. The van der Waals surface area contributed by atoms with E-state index in [1.165, 1.54) is 0 Å². The molecule has 1 aromatic rings. The van der Waals surface area contributed by atoms with Gasteiger partial charge in [0.05, 0.1) is 6.61 Å². The van der Waals surface area contributed by atoms with Gasteiger partial charge < -0.3 is 15.8 Å². The van der Waals surface area contributed by atoms with Crippen LogP contribution in [0.3, 0.4) is 0 Å². The molecule has 0 saturated heterocycles. The molecule has 0 saturated carbocycles. The quantitative estimate of drug-likeness (QED) is 0.726. The summed E-state index contributed by atoms with van der Waals surface area (Å²) in [4.78, 5) is 11.7. The van der Waals surface area contributed by atoms with E-state index in [1.54, 1.807) is 7.11 Å². The molecule has 6 heteroatoms. The number of carbonyl (C=O) groups excluding carboxylic acids is 1. The Labute approximate surface area is 128 Å². The van der Waals surface area contributed by atoms with Crippen molar-refractivity contribution in [3.63, 3.8) is 0 Å². The highest BCUT2D eigenvalue weighted by molar-refractivity contribution is 7.84. The fourth-order valence-corrected chi connectivity index (χ4v) is 2.80. The van der Waals surface area contributed by atoms with E-state index in [1.807, 2.05) is 31.2 Å². The lowest BCUT2D eigenvalue weighted by Crippen LogP contribution is -2.19. The summed E-state index contributed by atoms with van der Waals surface area (Å²) < 4.78 is 16.7. The topological polar surface area (TPSA) is 81.4 Å². The van der Waals surface area contributed by atoms with Gasteiger partial charge in [-0.2, -0.15) is 0 Å². The van der Waals surface area contributed by atoms with Crippen LogP contribution in [0, 0.1) is 0 Å². The fourth-order valence-electron chi connectivity index (χ4n) is 1.76. The van der Waals surface area contributed by atoms with Gasteiger partial charge in [0.15, 0.2) is 0 Å². The Morgan fingerprint density at radius 3 is 2.90 bits per heavy atom. The molecule has 118 valence electrons. The van der Waals surface area contributed by atoms with Gasteiger partial charge in [-0.15, -0.1) is 0 Å². The van der Waals surface area contributed by atoms with Crippen LogP contribution in [0.2, 0.25) is 0 Å². The van der Waals surface area contributed by atoms with Crippen LogP contribution < -0.4 is 11.1 Å². The molecule has 0 aliphatic heterocycles. The predicted octanol–water partition coefficient (Wildman–Crippen LogP) is 1.65. The van der Waals surface area contributed by atoms with Crippen LogP contribution in [0.1, 0.15) is 25.3 Å². The minimum atomic E-state index is -0.956. The number of amides is 1. The van der Waals surface area contributed by atoms with Gasteiger partial charge >= 0.3 is 0 Å². The second-order valence-electron chi connectivity index (χ2n) is 5.05. The first-order valence-electron chi connectivity index (χ1n) is 6.99. The molecule has 2 unspecified atom stereocenters. The predicted molar refractivity (Wildman–Crippen MR) is 86.5 cm³/mol. The molecule has 0 bridgehead atoms. The second kappa shape index (κ2) is 9.65. The second-order valence-corrected chi connectivity index (χ2v) is 6.62. The summed E-state index contributed by atoms with van der Waals surface area (Å²) in [5.74, 6) is 0.930. The SMILES string of the molecule is COCCS(=O)Cc1cccc(NC(=O)CCC(C)N)c1. The number of rotatable bonds is 9. The van der Waals surface area contributed by atoms with Crippen molar-refractivity contribution in [2.45, 2.75) is 31.6 Å². The average Bonchev–Trinajstić information content (AvgIpc) is 2.43. The number of hydrogen-bond acceptors (Lipinski definition) is 4. The number of anilines is 1. The Morgan fingerprint density at radius 2 is 2.24 bits per heavy atom. The third-order valence-electron chi connectivity index (χ3n) is 2.88. The van der Waals surface area contributed by atoms with Gasteiger partial charge in [0.25, 0.3) is 0 Å². The zero-order chi connectivity index (χ0) is 15.7. The van der Waals surface area contributed by atoms with E-state index in [0.29, 0.717) is 31.0 Å². The number of methoxy groups -OCH3 is 1. The van der Waals surface area contributed by atoms with Gasteiger partial charge in [0.1, 0.15) is 0 Å². The van der Waals surface area contributed by atoms with Crippen molar-refractivity contribution in [2.75, 3.05) is 24.8 Å². The van der Waals surface area contributed by atoms with E-state index in [0.717, 1.165) is 11.3 Å². The van der Waals surface area contributed by atoms with E-state index in [4.69, 9.17) is 10.5 Å². The average molecular weight is 312 g/mol. The van der Waals surface area contributed by atoms with Gasteiger partial charge in [-0.1, -0.05) is 12.1 Å². The molecule has 3 N–H and O–H groups in total. The Hall–Kier alpha value is -1.24. The molecule has 2 atom stereocenters. The molecule has 1 rings (SSSR count). The Balaban J connectivity index is 2.52. The summed E-state index contributed by atoms with van der Waals surface area (Å²) in [5, 5.41) is 2.84. The maximum Gasteiger partial charge on any atom is 0.224 e. The Bertz CT molecular complexity index is 478. The molecule has 0 radical (unpaired) electrons. The molecule has 0 aliphatic rings. The van der Waals surface area contributed by atoms with Crippen LogP contribution in [0.4, 0.5) is 5.69 Å². The molecule has 5 nitrogen and oxygen atoms in total. The van der Waals surface area contributed by atoms with Gasteiger partial charge in [0, 0.05) is 47.6 Å². The van der Waals surface area contributed by atoms with Gasteiger partial charge in [-0.3, -0.25) is 9.00 Å².